The molecule has 5 heteroatoms. The Hall–Kier alpha value is -1.23. The van der Waals surface area contributed by atoms with E-state index in [1.807, 2.05) is 19.1 Å². The van der Waals surface area contributed by atoms with Crippen LogP contribution in [-0.4, -0.2) is 26.8 Å². The van der Waals surface area contributed by atoms with E-state index in [9.17, 15) is 8.42 Å². The van der Waals surface area contributed by atoms with Crippen LogP contribution in [0.3, 0.4) is 0 Å². The van der Waals surface area contributed by atoms with E-state index in [2.05, 4.69) is 15.7 Å². The summed E-state index contributed by atoms with van der Waals surface area (Å²) in [5.41, 5.74) is 2.83. The average molecular weight is 282 g/mol. The van der Waals surface area contributed by atoms with Gasteiger partial charge in [0.25, 0.3) is 0 Å². The fourth-order valence-electron chi connectivity index (χ4n) is 2.21. The quantitative estimate of drug-likeness (QED) is 0.924. The molecule has 1 aliphatic rings. The third-order valence-electron chi connectivity index (χ3n) is 3.55. The minimum Gasteiger partial charge on any atom is -0.372 e. The van der Waals surface area contributed by atoms with Crippen molar-refractivity contribution in [3.63, 3.8) is 0 Å². The molecule has 1 N–H and O–H groups in total. The second-order valence-electron chi connectivity index (χ2n) is 5.39. The minimum atomic E-state index is -3.27. The van der Waals surface area contributed by atoms with Crippen LogP contribution < -0.4 is 9.62 Å². The number of anilines is 2. The third-order valence-corrected chi connectivity index (χ3v) is 5.30. The number of hydrogen-bond donors (Lipinski definition) is 1. The topological polar surface area (TPSA) is 49.4 Å². The fraction of sp³-hybridized carbons (Fsp3) is 0.571. The summed E-state index contributed by atoms with van der Waals surface area (Å²) in [5, 5.41) is -0.426. The zero-order chi connectivity index (χ0) is 14.0. The van der Waals surface area contributed by atoms with Crippen molar-refractivity contribution in [3.8, 4) is 0 Å². The zero-order valence-corrected chi connectivity index (χ0v) is 12.6. The summed E-state index contributed by atoms with van der Waals surface area (Å²) in [4.78, 5) is 2.34. The van der Waals surface area contributed by atoms with Crippen molar-refractivity contribution in [2.45, 2.75) is 38.9 Å². The summed E-state index contributed by atoms with van der Waals surface area (Å²) in [5.74, 6) is 0. The number of hydrogen-bond acceptors (Lipinski definition) is 3. The Morgan fingerprint density at radius 2 is 1.84 bits per heavy atom. The summed E-state index contributed by atoms with van der Waals surface area (Å²) in [6.45, 7) is 7.48. The van der Waals surface area contributed by atoms with Crippen molar-refractivity contribution in [2.75, 3.05) is 22.7 Å². The second-order valence-corrected chi connectivity index (χ2v) is 7.63. The van der Waals surface area contributed by atoms with Gasteiger partial charge < -0.3 is 4.90 Å². The molecular formula is C14H22N2O2S. The third kappa shape index (κ3) is 3.21. The van der Waals surface area contributed by atoms with Crippen LogP contribution in [0.15, 0.2) is 18.2 Å². The van der Waals surface area contributed by atoms with Crippen molar-refractivity contribution in [1.29, 1.82) is 0 Å². The molecule has 1 heterocycles. The van der Waals surface area contributed by atoms with Crippen molar-refractivity contribution in [1.82, 2.24) is 0 Å². The van der Waals surface area contributed by atoms with E-state index in [0.717, 1.165) is 18.7 Å². The van der Waals surface area contributed by atoms with Gasteiger partial charge in [0.2, 0.25) is 10.0 Å². The number of rotatable bonds is 4. The largest absolute Gasteiger partial charge is 0.372 e. The van der Waals surface area contributed by atoms with Crippen LogP contribution >= 0.6 is 0 Å². The zero-order valence-electron chi connectivity index (χ0n) is 11.8. The Balaban J connectivity index is 2.20. The molecule has 1 aromatic rings. The average Bonchev–Trinajstić information content (AvgIpc) is 2.85. The van der Waals surface area contributed by atoms with Crippen LogP contribution in [0.5, 0.6) is 0 Å². The maximum Gasteiger partial charge on any atom is 0.235 e. The molecule has 0 atom stereocenters. The molecule has 2 rings (SSSR count). The first-order valence-corrected chi connectivity index (χ1v) is 8.32. The smallest absolute Gasteiger partial charge is 0.235 e. The molecule has 0 radical (unpaired) electrons. The molecular weight excluding hydrogens is 260 g/mol. The minimum absolute atomic E-state index is 0.426. The van der Waals surface area contributed by atoms with Crippen molar-refractivity contribution >= 4 is 21.4 Å². The highest BCUT2D eigenvalue weighted by Gasteiger charge is 2.18. The van der Waals surface area contributed by atoms with E-state index in [0.29, 0.717) is 5.69 Å². The maximum absolute atomic E-state index is 11.9. The van der Waals surface area contributed by atoms with Crippen LogP contribution in [0, 0.1) is 6.92 Å². The van der Waals surface area contributed by atoms with Crippen LogP contribution in [0.25, 0.3) is 0 Å². The normalized spacial score (nSPS) is 16.1. The van der Waals surface area contributed by atoms with Crippen molar-refractivity contribution in [3.05, 3.63) is 23.8 Å². The highest BCUT2D eigenvalue weighted by Crippen LogP contribution is 2.26. The number of nitrogens with one attached hydrogen (secondary N) is 1. The summed E-state index contributed by atoms with van der Waals surface area (Å²) >= 11 is 0. The first-order chi connectivity index (χ1) is 8.90. The van der Waals surface area contributed by atoms with Crippen LogP contribution in [0.1, 0.15) is 32.3 Å². The number of nitrogens with zero attached hydrogens (tertiary/aromatic N) is 1. The van der Waals surface area contributed by atoms with Gasteiger partial charge in [0.15, 0.2) is 0 Å². The first-order valence-electron chi connectivity index (χ1n) is 6.77. The second kappa shape index (κ2) is 5.41. The molecule has 1 saturated heterocycles. The van der Waals surface area contributed by atoms with Gasteiger partial charge in [0, 0.05) is 18.8 Å². The lowest BCUT2D eigenvalue weighted by atomic mass is 10.2. The predicted octanol–water partition coefficient (Wildman–Crippen LogP) is 2.75. The fourth-order valence-corrected chi connectivity index (χ4v) is 2.98. The highest BCUT2D eigenvalue weighted by molar-refractivity contribution is 7.93. The molecule has 0 spiro atoms. The summed E-state index contributed by atoms with van der Waals surface area (Å²) in [6, 6.07) is 5.92. The van der Waals surface area contributed by atoms with E-state index < -0.39 is 15.3 Å². The Morgan fingerprint density at radius 3 is 2.37 bits per heavy atom. The molecule has 1 aliphatic heterocycles. The van der Waals surface area contributed by atoms with Gasteiger partial charge in [0.1, 0.15) is 0 Å². The molecule has 0 amide bonds. The lowest BCUT2D eigenvalue weighted by Gasteiger charge is -2.20. The van der Waals surface area contributed by atoms with Gasteiger partial charge >= 0.3 is 0 Å². The molecule has 19 heavy (non-hydrogen) atoms. The van der Waals surface area contributed by atoms with E-state index in [1.165, 1.54) is 18.5 Å². The Kier molecular flexibility index (Phi) is 4.04. The Bertz CT molecular complexity index is 547. The molecule has 0 unspecified atom stereocenters. The lowest BCUT2D eigenvalue weighted by molar-refractivity contribution is 0.592. The van der Waals surface area contributed by atoms with Gasteiger partial charge in [0.05, 0.1) is 10.9 Å². The summed E-state index contributed by atoms with van der Waals surface area (Å²) < 4.78 is 26.4. The van der Waals surface area contributed by atoms with Gasteiger partial charge in [-0.2, -0.15) is 0 Å². The number of sulfonamides is 1. The van der Waals surface area contributed by atoms with Crippen LogP contribution in [0.2, 0.25) is 0 Å². The maximum atomic E-state index is 11.9. The van der Waals surface area contributed by atoms with Crippen LogP contribution in [0.4, 0.5) is 11.4 Å². The predicted molar refractivity (Wildman–Crippen MR) is 80.3 cm³/mol. The summed E-state index contributed by atoms with van der Waals surface area (Å²) in [6.07, 6.45) is 2.47. The van der Waals surface area contributed by atoms with Crippen molar-refractivity contribution < 1.29 is 8.42 Å². The van der Waals surface area contributed by atoms with Gasteiger partial charge in [-0.1, -0.05) is 0 Å². The molecule has 0 aliphatic carbocycles. The lowest BCUT2D eigenvalue weighted by Crippen LogP contribution is -2.23. The highest BCUT2D eigenvalue weighted by atomic mass is 32.2. The Labute approximate surface area is 115 Å². The standard InChI is InChI=1S/C14H22N2O2S/c1-11(2)19(17,18)15-14-7-6-13(10-12(14)3)16-8-4-5-9-16/h6-7,10-11,15H,4-5,8-9H2,1-3H3. The number of benzene rings is 1. The van der Waals surface area contributed by atoms with E-state index in [1.54, 1.807) is 13.8 Å². The SMILES string of the molecule is Cc1cc(N2CCCC2)ccc1NS(=O)(=O)C(C)C. The molecule has 1 aromatic carbocycles. The Morgan fingerprint density at radius 1 is 1.21 bits per heavy atom. The molecule has 1 fully saturated rings. The first kappa shape index (κ1) is 14.2. The number of aryl methyl sites for hydroxylation is 1. The molecule has 0 saturated carbocycles. The summed E-state index contributed by atoms with van der Waals surface area (Å²) in [7, 11) is -3.27. The molecule has 4 nitrogen and oxygen atoms in total. The van der Waals surface area contributed by atoms with E-state index in [4.69, 9.17) is 0 Å². The van der Waals surface area contributed by atoms with Gasteiger partial charge in [-0.15, -0.1) is 0 Å². The molecule has 0 aromatic heterocycles. The van der Waals surface area contributed by atoms with Gasteiger partial charge in [-0.3, -0.25) is 4.72 Å². The van der Waals surface area contributed by atoms with E-state index in [-0.39, 0.29) is 0 Å². The monoisotopic (exact) mass is 282 g/mol. The van der Waals surface area contributed by atoms with Gasteiger partial charge in [-0.05, 0) is 57.4 Å². The molecule has 106 valence electrons. The van der Waals surface area contributed by atoms with Crippen molar-refractivity contribution in [2.24, 2.45) is 0 Å². The molecule has 0 bridgehead atoms. The van der Waals surface area contributed by atoms with E-state index >= 15 is 0 Å². The van der Waals surface area contributed by atoms with Gasteiger partial charge in [-0.25, -0.2) is 8.42 Å². The van der Waals surface area contributed by atoms with Crippen LogP contribution in [-0.2, 0) is 10.0 Å².